The third-order valence-corrected chi connectivity index (χ3v) is 5.72. The number of rotatable bonds is 0. The third-order valence-electron chi connectivity index (χ3n) is 5.72. The van der Waals surface area contributed by atoms with E-state index in [2.05, 4.69) is 0 Å². The predicted octanol–water partition coefficient (Wildman–Crippen LogP) is 2.19. The highest BCUT2D eigenvalue weighted by molar-refractivity contribution is 5.14. The second kappa shape index (κ2) is 1.98. The summed E-state index contributed by atoms with van der Waals surface area (Å²) in [5.74, 6) is 3.86. The van der Waals surface area contributed by atoms with Crippen LogP contribution in [0.4, 0.5) is 0 Å². The Labute approximate surface area is 79.5 Å². The van der Waals surface area contributed by atoms with E-state index in [4.69, 9.17) is 0 Å². The summed E-state index contributed by atoms with van der Waals surface area (Å²) in [6, 6.07) is 0. The van der Waals surface area contributed by atoms with Crippen LogP contribution in [0.15, 0.2) is 0 Å². The molecule has 1 N–H and O–H groups in total. The van der Waals surface area contributed by atoms with Crippen molar-refractivity contribution in [2.75, 3.05) is 0 Å². The lowest BCUT2D eigenvalue weighted by Gasteiger charge is -2.62. The summed E-state index contributed by atoms with van der Waals surface area (Å²) in [6.07, 6.45) is 8.41. The number of aliphatic hydroxyl groups excluding tert-OH is 1. The molecule has 5 aliphatic carbocycles. The Balaban J connectivity index is 1.81. The molecule has 13 heavy (non-hydrogen) atoms. The maximum atomic E-state index is 10.2. The SMILES string of the molecule is O[C@@H]1CC2CC3CC4CC1(C4)C3C2. The summed E-state index contributed by atoms with van der Waals surface area (Å²) in [4.78, 5) is 0. The first-order valence-electron chi connectivity index (χ1n) is 5.96. The summed E-state index contributed by atoms with van der Waals surface area (Å²) < 4.78 is 0. The topological polar surface area (TPSA) is 20.2 Å². The lowest BCUT2D eigenvalue weighted by molar-refractivity contribution is -0.172. The van der Waals surface area contributed by atoms with Crippen molar-refractivity contribution in [3.63, 3.8) is 0 Å². The summed E-state index contributed by atoms with van der Waals surface area (Å²) in [5, 5.41) is 10.2. The van der Waals surface area contributed by atoms with Crippen molar-refractivity contribution in [3.8, 4) is 0 Å². The first kappa shape index (κ1) is 7.28. The van der Waals surface area contributed by atoms with Gasteiger partial charge in [-0.3, -0.25) is 0 Å². The van der Waals surface area contributed by atoms with E-state index in [1.165, 1.54) is 32.1 Å². The molecule has 0 saturated heterocycles. The maximum absolute atomic E-state index is 10.2. The fourth-order valence-corrected chi connectivity index (χ4v) is 5.38. The van der Waals surface area contributed by atoms with Gasteiger partial charge >= 0.3 is 0 Å². The largest absolute Gasteiger partial charge is 0.393 e. The van der Waals surface area contributed by atoms with Crippen LogP contribution < -0.4 is 0 Å². The average Bonchev–Trinajstić information content (AvgIpc) is 2.41. The van der Waals surface area contributed by atoms with E-state index < -0.39 is 0 Å². The minimum atomic E-state index is 0.0813. The summed E-state index contributed by atoms with van der Waals surface area (Å²) in [5.41, 5.74) is 0.445. The fraction of sp³-hybridized carbons (Fsp3) is 1.00. The predicted molar refractivity (Wildman–Crippen MR) is 50.1 cm³/mol. The number of hydrogen-bond donors (Lipinski definition) is 1. The van der Waals surface area contributed by atoms with Crippen molar-refractivity contribution >= 4 is 0 Å². The Hall–Kier alpha value is -0.0400. The molecule has 4 atom stereocenters. The molecule has 5 rings (SSSR count). The molecule has 0 aliphatic heterocycles. The number of fused-ring (bicyclic) bond motifs is 1. The summed E-state index contributed by atoms with van der Waals surface area (Å²) in [7, 11) is 0. The van der Waals surface area contributed by atoms with E-state index >= 15 is 0 Å². The molecule has 0 amide bonds. The van der Waals surface area contributed by atoms with Crippen molar-refractivity contribution in [2.45, 2.75) is 44.6 Å². The van der Waals surface area contributed by atoms with E-state index in [0.29, 0.717) is 5.41 Å². The number of hydrogen-bond acceptors (Lipinski definition) is 1. The van der Waals surface area contributed by atoms with Crippen LogP contribution in [0.1, 0.15) is 38.5 Å². The molecular weight excluding hydrogens is 160 g/mol. The molecule has 0 aromatic heterocycles. The minimum Gasteiger partial charge on any atom is -0.393 e. The summed E-state index contributed by atoms with van der Waals surface area (Å²) in [6.45, 7) is 0. The second-order valence-electron chi connectivity index (χ2n) is 6.20. The monoisotopic (exact) mass is 178 g/mol. The lowest BCUT2D eigenvalue weighted by atomic mass is 9.44. The van der Waals surface area contributed by atoms with Gasteiger partial charge in [-0.15, -0.1) is 0 Å². The zero-order valence-corrected chi connectivity index (χ0v) is 8.08. The van der Waals surface area contributed by atoms with Crippen LogP contribution in [-0.4, -0.2) is 11.2 Å². The average molecular weight is 178 g/mol. The standard InChI is InChI=1S/C12H18O/c13-11-4-7-1-9-2-8-5-12(11,6-8)10(9)3-7/h7-11,13H,1-6H2/t7?,8?,9?,10?,11-,12?/m1/s1. The van der Waals surface area contributed by atoms with Crippen molar-refractivity contribution in [1.29, 1.82) is 0 Å². The van der Waals surface area contributed by atoms with Gasteiger partial charge in [0.2, 0.25) is 0 Å². The van der Waals surface area contributed by atoms with Gasteiger partial charge in [-0.05, 0) is 67.6 Å². The van der Waals surface area contributed by atoms with Crippen LogP contribution in [0.25, 0.3) is 0 Å². The Kier molecular flexibility index (Phi) is 1.11. The van der Waals surface area contributed by atoms with Gasteiger partial charge < -0.3 is 5.11 Å². The van der Waals surface area contributed by atoms with Crippen molar-refractivity contribution in [1.82, 2.24) is 0 Å². The van der Waals surface area contributed by atoms with E-state index in [-0.39, 0.29) is 6.10 Å². The van der Waals surface area contributed by atoms with Crippen LogP contribution in [0, 0.1) is 29.1 Å². The normalized spacial score (nSPS) is 67.6. The first-order chi connectivity index (χ1) is 6.28. The van der Waals surface area contributed by atoms with Crippen molar-refractivity contribution in [2.24, 2.45) is 29.1 Å². The Morgan fingerprint density at radius 1 is 0.923 bits per heavy atom. The maximum Gasteiger partial charge on any atom is 0.0602 e. The van der Waals surface area contributed by atoms with E-state index in [1.807, 2.05) is 0 Å². The van der Waals surface area contributed by atoms with Gasteiger partial charge in [0.1, 0.15) is 0 Å². The highest BCUT2D eigenvalue weighted by Crippen LogP contribution is 2.70. The Morgan fingerprint density at radius 3 is 2.54 bits per heavy atom. The molecule has 1 spiro atoms. The van der Waals surface area contributed by atoms with Crippen LogP contribution in [0.2, 0.25) is 0 Å². The molecule has 0 radical (unpaired) electrons. The molecule has 5 aliphatic rings. The van der Waals surface area contributed by atoms with E-state index in [1.54, 1.807) is 0 Å². The van der Waals surface area contributed by atoms with Gasteiger partial charge in [-0.25, -0.2) is 0 Å². The summed E-state index contributed by atoms with van der Waals surface area (Å²) >= 11 is 0. The molecule has 5 fully saturated rings. The molecule has 4 bridgehead atoms. The zero-order chi connectivity index (χ0) is 8.63. The quantitative estimate of drug-likeness (QED) is 0.603. The van der Waals surface area contributed by atoms with Crippen LogP contribution in [0.3, 0.4) is 0 Å². The molecule has 1 nitrogen and oxygen atoms in total. The van der Waals surface area contributed by atoms with Crippen LogP contribution >= 0.6 is 0 Å². The van der Waals surface area contributed by atoms with Crippen molar-refractivity contribution in [3.05, 3.63) is 0 Å². The van der Waals surface area contributed by atoms with Gasteiger partial charge in [0.15, 0.2) is 0 Å². The lowest BCUT2D eigenvalue weighted by Crippen LogP contribution is -2.57. The highest BCUT2D eigenvalue weighted by Gasteiger charge is 2.65. The van der Waals surface area contributed by atoms with Gasteiger partial charge in [-0.1, -0.05) is 0 Å². The fourth-order valence-electron chi connectivity index (χ4n) is 5.38. The minimum absolute atomic E-state index is 0.0813. The smallest absolute Gasteiger partial charge is 0.0602 e. The van der Waals surface area contributed by atoms with Gasteiger partial charge in [0.25, 0.3) is 0 Å². The van der Waals surface area contributed by atoms with Crippen molar-refractivity contribution < 1.29 is 5.11 Å². The third kappa shape index (κ3) is 0.674. The molecule has 0 aromatic rings. The van der Waals surface area contributed by atoms with Crippen LogP contribution in [-0.2, 0) is 0 Å². The number of aliphatic hydroxyl groups is 1. The zero-order valence-electron chi connectivity index (χ0n) is 8.08. The Bertz CT molecular complexity index is 252. The molecule has 3 unspecified atom stereocenters. The van der Waals surface area contributed by atoms with E-state index in [9.17, 15) is 5.11 Å². The van der Waals surface area contributed by atoms with Gasteiger partial charge in [-0.2, -0.15) is 0 Å². The van der Waals surface area contributed by atoms with E-state index in [0.717, 1.165) is 30.1 Å². The highest BCUT2D eigenvalue weighted by atomic mass is 16.3. The molecular formula is C12H18O. The van der Waals surface area contributed by atoms with Gasteiger partial charge in [0.05, 0.1) is 6.10 Å². The molecule has 5 saturated carbocycles. The van der Waals surface area contributed by atoms with Gasteiger partial charge in [0, 0.05) is 0 Å². The molecule has 1 heteroatoms. The second-order valence-corrected chi connectivity index (χ2v) is 6.20. The van der Waals surface area contributed by atoms with Crippen LogP contribution in [0.5, 0.6) is 0 Å². The molecule has 0 aromatic carbocycles. The molecule has 72 valence electrons. The molecule has 0 heterocycles. The first-order valence-corrected chi connectivity index (χ1v) is 5.96. The Morgan fingerprint density at radius 2 is 1.69 bits per heavy atom.